The maximum absolute atomic E-state index is 5.16. The SMILES string of the molecule is c1ccc(-c2ccc3c4ccccc4n(-c4cc(-c5ccc(-c6nc7ccccc7n6-c6ccccc6)cc5)cc(-c5cc6ccccc6c6ccccc56)c4)c3c2)cc1. The number of fused-ring (bicyclic) bond motifs is 7. The largest absolute Gasteiger partial charge is 0.309 e. The van der Waals surface area contributed by atoms with Gasteiger partial charge in [0.1, 0.15) is 5.82 Å². The average Bonchev–Trinajstić information content (AvgIpc) is 3.88. The number of nitrogens with zero attached hydrogens (tertiary/aromatic N) is 3. The molecule has 0 spiro atoms. The molecule has 0 aliphatic rings. The number of rotatable bonds is 6. The van der Waals surface area contributed by atoms with Gasteiger partial charge in [0.25, 0.3) is 0 Å². The number of hydrogen-bond acceptors (Lipinski definition) is 1. The van der Waals surface area contributed by atoms with E-state index in [1.165, 1.54) is 65.6 Å². The monoisotopic (exact) mass is 763 g/mol. The summed E-state index contributed by atoms with van der Waals surface area (Å²) in [7, 11) is 0. The van der Waals surface area contributed by atoms with Crippen LogP contribution in [-0.2, 0) is 0 Å². The van der Waals surface area contributed by atoms with Crippen molar-refractivity contribution in [3.63, 3.8) is 0 Å². The van der Waals surface area contributed by atoms with Crippen molar-refractivity contribution in [3.8, 4) is 56.1 Å². The summed E-state index contributed by atoms with van der Waals surface area (Å²) in [5, 5.41) is 7.46. The number of hydrogen-bond donors (Lipinski definition) is 0. The third-order valence-electron chi connectivity index (χ3n) is 12.1. The fourth-order valence-corrected chi connectivity index (χ4v) is 9.28. The summed E-state index contributed by atoms with van der Waals surface area (Å²) in [6.45, 7) is 0. The van der Waals surface area contributed by atoms with Crippen LogP contribution >= 0.6 is 0 Å². The molecule has 0 amide bonds. The standard InChI is InChI=1S/C57H37N3/c1-3-15-38(16-4-1)41-31-32-51-50-23-11-13-25-54(50)59(56(51)37-41)46-34-43(33-44(35-46)52-36-42-17-7-8-20-47(42)48-21-9-10-22-49(48)52)39-27-29-40(30-28-39)57-58-53-24-12-14-26-55(53)60(57)45-18-5-2-6-19-45/h1-37H. The molecular formula is C57H37N3. The highest BCUT2D eigenvalue weighted by molar-refractivity contribution is 6.14. The number of aromatic nitrogens is 3. The first-order chi connectivity index (χ1) is 29.7. The van der Waals surface area contributed by atoms with Crippen LogP contribution in [0.2, 0.25) is 0 Å². The summed E-state index contributed by atoms with van der Waals surface area (Å²) in [4.78, 5) is 5.16. The predicted molar refractivity (Wildman–Crippen MR) is 252 cm³/mol. The fraction of sp³-hybridized carbons (Fsp3) is 0. The number of benzene rings is 10. The van der Waals surface area contributed by atoms with E-state index in [4.69, 9.17) is 4.98 Å². The third-order valence-corrected chi connectivity index (χ3v) is 12.1. The van der Waals surface area contributed by atoms with Gasteiger partial charge in [0, 0.05) is 27.7 Å². The summed E-state index contributed by atoms with van der Waals surface area (Å²) in [6, 6.07) is 81.3. The van der Waals surface area contributed by atoms with E-state index in [2.05, 4.69) is 234 Å². The Morgan fingerprint density at radius 1 is 0.283 bits per heavy atom. The minimum Gasteiger partial charge on any atom is -0.309 e. The Hall–Kier alpha value is -8.01. The van der Waals surface area contributed by atoms with E-state index >= 15 is 0 Å². The van der Waals surface area contributed by atoms with Gasteiger partial charge in [0.2, 0.25) is 0 Å². The molecule has 280 valence electrons. The summed E-state index contributed by atoms with van der Waals surface area (Å²) in [5.74, 6) is 0.922. The van der Waals surface area contributed by atoms with Gasteiger partial charge in [-0.2, -0.15) is 0 Å². The van der Waals surface area contributed by atoms with Crippen molar-refractivity contribution in [3.05, 3.63) is 224 Å². The Bertz CT molecular complexity index is 3580. The molecule has 0 radical (unpaired) electrons. The lowest BCUT2D eigenvalue weighted by Gasteiger charge is -2.17. The van der Waals surface area contributed by atoms with Crippen molar-refractivity contribution in [2.75, 3.05) is 0 Å². The Morgan fingerprint density at radius 2 is 0.867 bits per heavy atom. The molecule has 12 aromatic rings. The smallest absolute Gasteiger partial charge is 0.145 e. The van der Waals surface area contributed by atoms with Gasteiger partial charge in [-0.05, 0) is 116 Å². The Morgan fingerprint density at radius 3 is 1.68 bits per heavy atom. The molecule has 0 unspecified atom stereocenters. The molecule has 0 atom stereocenters. The molecule has 3 heteroatoms. The topological polar surface area (TPSA) is 22.8 Å². The van der Waals surface area contributed by atoms with E-state index in [0.29, 0.717) is 0 Å². The molecule has 0 aliphatic carbocycles. The van der Waals surface area contributed by atoms with E-state index < -0.39 is 0 Å². The van der Waals surface area contributed by atoms with Crippen LogP contribution in [0.5, 0.6) is 0 Å². The first kappa shape index (κ1) is 34.1. The van der Waals surface area contributed by atoms with Crippen LogP contribution in [0.3, 0.4) is 0 Å². The van der Waals surface area contributed by atoms with E-state index in [0.717, 1.165) is 44.9 Å². The zero-order chi connectivity index (χ0) is 39.6. The minimum atomic E-state index is 0.922. The zero-order valence-electron chi connectivity index (χ0n) is 32.7. The molecule has 0 aliphatic heterocycles. The molecule has 60 heavy (non-hydrogen) atoms. The van der Waals surface area contributed by atoms with E-state index in [1.807, 2.05) is 0 Å². The highest BCUT2D eigenvalue weighted by Gasteiger charge is 2.18. The second-order valence-electron chi connectivity index (χ2n) is 15.6. The van der Waals surface area contributed by atoms with Gasteiger partial charge in [-0.1, -0.05) is 164 Å². The molecule has 0 fully saturated rings. The van der Waals surface area contributed by atoms with Crippen molar-refractivity contribution in [2.24, 2.45) is 0 Å². The van der Waals surface area contributed by atoms with Gasteiger partial charge in [0.15, 0.2) is 0 Å². The Kier molecular flexibility index (Phi) is 7.85. The first-order valence-corrected chi connectivity index (χ1v) is 20.5. The highest BCUT2D eigenvalue weighted by Crippen LogP contribution is 2.41. The third kappa shape index (κ3) is 5.55. The lowest BCUT2D eigenvalue weighted by molar-refractivity contribution is 1.10. The average molecular weight is 764 g/mol. The van der Waals surface area contributed by atoms with Crippen molar-refractivity contribution >= 4 is 54.4 Å². The van der Waals surface area contributed by atoms with Crippen LogP contribution in [0, 0.1) is 0 Å². The molecule has 3 nitrogen and oxygen atoms in total. The van der Waals surface area contributed by atoms with Crippen LogP contribution in [0.4, 0.5) is 0 Å². The van der Waals surface area contributed by atoms with Crippen LogP contribution in [-0.4, -0.2) is 14.1 Å². The fourth-order valence-electron chi connectivity index (χ4n) is 9.28. The van der Waals surface area contributed by atoms with E-state index in [1.54, 1.807) is 0 Å². The lowest BCUT2D eigenvalue weighted by Crippen LogP contribution is -1.98. The Balaban J connectivity index is 1.09. The van der Waals surface area contributed by atoms with Crippen molar-refractivity contribution in [1.82, 2.24) is 14.1 Å². The summed E-state index contributed by atoms with van der Waals surface area (Å²) < 4.78 is 4.73. The molecule has 2 aromatic heterocycles. The van der Waals surface area contributed by atoms with Gasteiger partial charge in [-0.15, -0.1) is 0 Å². The van der Waals surface area contributed by atoms with E-state index in [-0.39, 0.29) is 0 Å². The molecule has 10 aromatic carbocycles. The summed E-state index contributed by atoms with van der Waals surface area (Å²) in [5.41, 5.74) is 14.8. The molecule has 0 N–H and O–H groups in total. The molecule has 0 bridgehead atoms. The maximum Gasteiger partial charge on any atom is 0.145 e. The quantitative estimate of drug-likeness (QED) is 0.155. The first-order valence-electron chi connectivity index (χ1n) is 20.5. The van der Waals surface area contributed by atoms with Crippen LogP contribution in [0.1, 0.15) is 0 Å². The van der Waals surface area contributed by atoms with Crippen molar-refractivity contribution < 1.29 is 0 Å². The van der Waals surface area contributed by atoms with Gasteiger partial charge >= 0.3 is 0 Å². The molecule has 0 saturated heterocycles. The van der Waals surface area contributed by atoms with E-state index in [9.17, 15) is 0 Å². The minimum absolute atomic E-state index is 0.922. The van der Waals surface area contributed by atoms with Crippen LogP contribution < -0.4 is 0 Å². The summed E-state index contributed by atoms with van der Waals surface area (Å²) in [6.07, 6.45) is 0. The summed E-state index contributed by atoms with van der Waals surface area (Å²) >= 11 is 0. The molecule has 0 saturated carbocycles. The molecule has 12 rings (SSSR count). The predicted octanol–water partition coefficient (Wildman–Crippen LogP) is 15.1. The molecule has 2 heterocycles. The zero-order valence-corrected chi connectivity index (χ0v) is 32.7. The molecular weight excluding hydrogens is 727 g/mol. The maximum atomic E-state index is 5.16. The van der Waals surface area contributed by atoms with Crippen molar-refractivity contribution in [2.45, 2.75) is 0 Å². The second-order valence-corrected chi connectivity index (χ2v) is 15.6. The van der Waals surface area contributed by atoms with Gasteiger partial charge in [0.05, 0.1) is 22.1 Å². The van der Waals surface area contributed by atoms with Crippen molar-refractivity contribution in [1.29, 1.82) is 0 Å². The van der Waals surface area contributed by atoms with Gasteiger partial charge < -0.3 is 4.57 Å². The van der Waals surface area contributed by atoms with Crippen LogP contribution in [0.25, 0.3) is 111 Å². The number of imidazole rings is 1. The number of para-hydroxylation sites is 4. The van der Waals surface area contributed by atoms with Gasteiger partial charge in [-0.3, -0.25) is 4.57 Å². The normalized spacial score (nSPS) is 11.7. The van der Waals surface area contributed by atoms with Crippen LogP contribution in [0.15, 0.2) is 224 Å². The van der Waals surface area contributed by atoms with Gasteiger partial charge in [-0.25, -0.2) is 4.98 Å². The second kappa shape index (κ2) is 13.8. The highest BCUT2D eigenvalue weighted by atomic mass is 15.1. The Labute approximate surface area is 347 Å². The lowest BCUT2D eigenvalue weighted by atomic mass is 9.91.